The van der Waals surface area contributed by atoms with Crippen LogP contribution < -0.4 is 10.6 Å². The van der Waals surface area contributed by atoms with E-state index < -0.39 is 65.8 Å². The summed E-state index contributed by atoms with van der Waals surface area (Å²) in [6.45, 7) is 13.3. The van der Waals surface area contributed by atoms with Gasteiger partial charge >= 0.3 is 5.97 Å². The third-order valence-electron chi connectivity index (χ3n) is 8.99. The number of likely N-dealkylation sites (N-methyl/N-ethyl adjacent to an activating group) is 2. The van der Waals surface area contributed by atoms with E-state index in [2.05, 4.69) is 10.6 Å². The van der Waals surface area contributed by atoms with E-state index in [4.69, 9.17) is 4.74 Å². The number of nitrogens with one attached hydrogen (secondary N) is 2. The number of fused-ring (bicyclic) bond motifs is 1. The second-order valence-electron chi connectivity index (χ2n) is 12.6. The molecule has 12 nitrogen and oxygen atoms in total. The quantitative estimate of drug-likeness (QED) is 0.436. The first-order valence-corrected chi connectivity index (χ1v) is 15.8. The Bertz CT molecular complexity index is 1030. The summed E-state index contributed by atoms with van der Waals surface area (Å²) < 4.78 is 5.60. The van der Waals surface area contributed by atoms with Gasteiger partial charge in [-0.3, -0.25) is 28.8 Å². The number of carbonyl (C=O) groups is 6. The van der Waals surface area contributed by atoms with Gasteiger partial charge in [-0.25, -0.2) is 0 Å². The van der Waals surface area contributed by atoms with Crippen molar-refractivity contribution in [3.05, 3.63) is 0 Å². The second kappa shape index (κ2) is 16.0. The van der Waals surface area contributed by atoms with Crippen LogP contribution in [0.5, 0.6) is 0 Å². The molecule has 2 aliphatic rings. The van der Waals surface area contributed by atoms with E-state index in [0.29, 0.717) is 32.2 Å². The summed E-state index contributed by atoms with van der Waals surface area (Å²) in [6.07, 6.45) is 1.24. The predicted octanol–water partition coefficient (Wildman–Crippen LogP) is 1.71. The Labute approximate surface area is 256 Å². The lowest BCUT2D eigenvalue weighted by Crippen LogP contribution is -2.61. The molecular formula is C31H53N5O7. The van der Waals surface area contributed by atoms with Crippen LogP contribution in [0.25, 0.3) is 0 Å². The van der Waals surface area contributed by atoms with Crippen molar-refractivity contribution in [3.63, 3.8) is 0 Å². The van der Waals surface area contributed by atoms with Gasteiger partial charge in [-0.2, -0.15) is 0 Å². The van der Waals surface area contributed by atoms with E-state index in [1.54, 1.807) is 14.0 Å². The van der Waals surface area contributed by atoms with Crippen LogP contribution in [-0.2, 0) is 33.5 Å². The molecule has 244 valence electrons. The maximum Gasteiger partial charge on any atom is 0.308 e. The molecule has 2 unspecified atom stereocenters. The van der Waals surface area contributed by atoms with Gasteiger partial charge in [0.15, 0.2) is 6.10 Å². The Kier molecular flexibility index (Phi) is 13.4. The molecule has 2 saturated heterocycles. The number of ether oxygens (including phenoxy) is 1. The Balaban J connectivity index is 2.56. The monoisotopic (exact) mass is 609 g/mol. The fraction of sp³-hybridized carbons (Fsp3) is 0.806. The maximum atomic E-state index is 14.0. The highest BCUT2D eigenvalue weighted by Crippen LogP contribution is 2.24. The lowest BCUT2D eigenvalue weighted by atomic mass is 9.92. The minimum absolute atomic E-state index is 0.0354. The molecule has 0 aromatic carbocycles. The van der Waals surface area contributed by atoms with Crippen molar-refractivity contribution in [1.82, 2.24) is 25.3 Å². The minimum Gasteiger partial charge on any atom is -0.452 e. The zero-order chi connectivity index (χ0) is 32.6. The molecule has 0 bridgehead atoms. The molecule has 0 aromatic rings. The highest BCUT2D eigenvalue weighted by molar-refractivity contribution is 5.96. The summed E-state index contributed by atoms with van der Waals surface area (Å²) in [4.78, 5) is 85.1. The number of esters is 1. The van der Waals surface area contributed by atoms with Gasteiger partial charge in [0.25, 0.3) is 5.91 Å². The number of hydrogen-bond donors (Lipinski definition) is 2. The summed E-state index contributed by atoms with van der Waals surface area (Å²) in [5.41, 5.74) is 0. The van der Waals surface area contributed by atoms with Crippen molar-refractivity contribution < 1.29 is 33.5 Å². The van der Waals surface area contributed by atoms with E-state index >= 15 is 0 Å². The van der Waals surface area contributed by atoms with E-state index in [-0.39, 0.29) is 37.1 Å². The molecule has 0 saturated carbocycles. The Morgan fingerprint density at radius 1 is 0.884 bits per heavy atom. The van der Waals surface area contributed by atoms with Crippen LogP contribution in [0.15, 0.2) is 0 Å². The Morgan fingerprint density at radius 2 is 1.51 bits per heavy atom. The van der Waals surface area contributed by atoms with E-state index in [9.17, 15) is 28.8 Å². The molecule has 0 spiro atoms. The molecule has 2 aliphatic heterocycles. The zero-order valence-electron chi connectivity index (χ0n) is 27.5. The van der Waals surface area contributed by atoms with Crippen molar-refractivity contribution >= 4 is 35.5 Å². The second-order valence-corrected chi connectivity index (χ2v) is 12.6. The van der Waals surface area contributed by atoms with Crippen LogP contribution in [0.4, 0.5) is 0 Å². The molecule has 0 radical (unpaired) electrons. The number of hydrogen-bond acceptors (Lipinski definition) is 7. The summed E-state index contributed by atoms with van der Waals surface area (Å²) in [5, 5.41) is 5.60. The van der Waals surface area contributed by atoms with Gasteiger partial charge in [-0.1, -0.05) is 54.4 Å². The first-order valence-electron chi connectivity index (χ1n) is 15.8. The average Bonchev–Trinajstić information content (AvgIpc) is 3.46. The molecule has 43 heavy (non-hydrogen) atoms. The predicted molar refractivity (Wildman–Crippen MR) is 161 cm³/mol. The van der Waals surface area contributed by atoms with Crippen molar-refractivity contribution in [3.8, 4) is 0 Å². The molecule has 2 heterocycles. The van der Waals surface area contributed by atoms with Crippen LogP contribution in [0.1, 0.15) is 87.0 Å². The highest BCUT2D eigenvalue weighted by atomic mass is 16.5. The molecule has 12 heteroatoms. The van der Waals surface area contributed by atoms with Gasteiger partial charge in [0.05, 0.1) is 6.42 Å². The lowest BCUT2D eigenvalue weighted by Gasteiger charge is -2.38. The van der Waals surface area contributed by atoms with E-state index in [1.165, 1.54) is 21.7 Å². The van der Waals surface area contributed by atoms with Gasteiger partial charge in [0.2, 0.25) is 23.6 Å². The smallest absolute Gasteiger partial charge is 0.308 e. The third-order valence-corrected chi connectivity index (χ3v) is 8.99. The molecule has 2 fully saturated rings. The van der Waals surface area contributed by atoms with Crippen LogP contribution in [-0.4, -0.2) is 108 Å². The highest BCUT2D eigenvalue weighted by Gasteiger charge is 2.43. The normalized spacial score (nSPS) is 28.9. The maximum absolute atomic E-state index is 14.0. The number of cyclic esters (lactones) is 1. The lowest BCUT2D eigenvalue weighted by molar-refractivity contribution is -0.162. The van der Waals surface area contributed by atoms with E-state index in [0.717, 1.165) is 0 Å². The van der Waals surface area contributed by atoms with Gasteiger partial charge in [0.1, 0.15) is 24.2 Å². The van der Waals surface area contributed by atoms with Crippen molar-refractivity contribution in [2.75, 3.05) is 27.2 Å². The van der Waals surface area contributed by atoms with Crippen LogP contribution >= 0.6 is 0 Å². The summed E-state index contributed by atoms with van der Waals surface area (Å²) >= 11 is 0. The average molecular weight is 610 g/mol. The first-order chi connectivity index (χ1) is 20.2. The summed E-state index contributed by atoms with van der Waals surface area (Å²) in [5.74, 6) is -3.27. The molecule has 0 aromatic heterocycles. The summed E-state index contributed by atoms with van der Waals surface area (Å²) in [6, 6.07) is -3.50. The largest absolute Gasteiger partial charge is 0.452 e. The van der Waals surface area contributed by atoms with Gasteiger partial charge in [-0.15, -0.1) is 0 Å². The fourth-order valence-electron chi connectivity index (χ4n) is 5.65. The number of nitrogens with zero attached hydrogens (tertiary/aromatic N) is 3. The Morgan fingerprint density at radius 3 is 2.09 bits per heavy atom. The Hall–Kier alpha value is -3.18. The van der Waals surface area contributed by atoms with Crippen LogP contribution in [0, 0.1) is 17.8 Å². The topological polar surface area (TPSA) is 145 Å². The van der Waals surface area contributed by atoms with Crippen molar-refractivity contribution in [2.45, 2.75) is 117 Å². The van der Waals surface area contributed by atoms with Crippen molar-refractivity contribution in [2.24, 2.45) is 17.8 Å². The first kappa shape index (κ1) is 36.0. The number of carbonyl (C=O) groups excluding carboxylic acids is 6. The summed E-state index contributed by atoms with van der Waals surface area (Å²) in [7, 11) is 3.08. The molecule has 2 N–H and O–H groups in total. The van der Waals surface area contributed by atoms with E-state index in [1.807, 2.05) is 41.5 Å². The van der Waals surface area contributed by atoms with Gasteiger partial charge in [0, 0.05) is 27.2 Å². The molecular weight excluding hydrogens is 556 g/mol. The zero-order valence-corrected chi connectivity index (χ0v) is 27.5. The fourth-order valence-corrected chi connectivity index (χ4v) is 5.65. The molecule has 7 atom stereocenters. The van der Waals surface area contributed by atoms with Crippen LogP contribution in [0.2, 0.25) is 0 Å². The van der Waals surface area contributed by atoms with Gasteiger partial charge < -0.3 is 30.1 Å². The van der Waals surface area contributed by atoms with Crippen LogP contribution in [0.3, 0.4) is 0 Å². The molecule has 5 amide bonds. The van der Waals surface area contributed by atoms with Crippen molar-refractivity contribution in [1.29, 1.82) is 0 Å². The molecule has 2 rings (SSSR count). The van der Waals surface area contributed by atoms with Gasteiger partial charge in [-0.05, 0) is 43.9 Å². The molecule has 0 aliphatic carbocycles. The number of amides is 5. The third kappa shape index (κ3) is 8.92. The SMILES string of the molecule is CCC(C)[C@@H]1NC(=O)[C@@H]2CCCN2C(=O)[C@@H](CC(C)C)OC(=O)C[14CH2]NC(=O)[C@H](C)N(C)C(=O)[C@H](C(C)CC)N(C)C1=O. The minimum atomic E-state index is -1.07. The number of rotatable bonds is 6. The standard InChI is InChI=1S/C31H53N5O7/c1-10-19(5)25-30(41)35(9)26(20(6)11-2)31(42)34(8)21(7)27(38)32-15-14-24(37)43-23(17-18(3)4)29(40)36-16-12-13-22(36)28(39)33-25/h18-23,25-26H,10-17H2,1-9H3,(H,32,38)(H,33,39)/t19?,20?,21-,22-,23+,25-,26-/m0/s1/i15+2.